The third kappa shape index (κ3) is 8.39. The van der Waals surface area contributed by atoms with Gasteiger partial charge in [0.25, 0.3) is 0 Å². The average molecular weight is 217 g/mol. The Balaban J connectivity index is 3.49. The number of carboxylic acids is 1. The maximum Gasteiger partial charge on any atom is 0.320 e. The second-order valence-electron chi connectivity index (χ2n) is 3.91. The van der Waals surface area contributed by atoms with Crippen molar-refractivity contribution in [2.24, 2.45) is 0 Å². The van der Waals surface area contributed by atoms with Gasteiger partial charge in [0, 0.05) is 6.61 Å². The minimum atomic E-state index is -0.762. The molecule has 0 saturated heterocycles. The Labute approximate surface area is 92.0 Å². The van der Waals surface area contributed by atoms with Crippen LogP contribution in [0.4, 0.5) is 0 Å². The van der Waals surface area contributed by atoms with Gasteiger partial charge >= 0.3 is 5.97 Å². The Kier molecular flexibility index (Phi) is 8.33. The molecule has 1 unspecified atom stereocenters. The summed E-state index contributed by atoms with van der Waals surface area (Å²) in [4.78, 5) is 10.8. The second kappa shape index (κ2) is 8.68. The number of hydrogen-bond donors (Lipinski definition) is 2. The largest absolute Gasteiger partial charge is 0.480 e. The van der Waals surface area contributed by atoms with E-state index in [1.807, 2.05) is 20.8 Å². The average Bonchev–Trinajstić information content (AvgIpc) is 2.15. The van der Waals surface area contributed by atoms with E-state index in [2.05, 4.69) is 5.32 Å². The molecule has 0 aliphatic rings. The lowest BCUT2D eigenvalue weighted by Gasteiger charge is -2.13. The van der Waals surface area contributed by atoms with Crippen molar-refractivity contribution >= 4 is 5.97 Å². The number of nitrogens with one attached hydrogen (secondary N) is 1. The molecule has 2 N–H and O–H groups in total. The van der Waals surface area contributed by atoms with Gasteiger partial charge in [-0.1, -0.05) is 13.3 Å². The Hall–Kier alpha value is -0.610. The third-order valence-corrected chi connectivity index (χ3v) is 2.04. The van der Waals surface area contributed by atoms with Gasteiger partial charge in [0.05, 0.1) is 6.10 Å². The van der Waals surface area contributed by atoms with Crippen molar-refractivity contribution in [1.29, 1.82) is 0 Å². The lowest BCUT2D eigenvalue weighted by atomic mass is 10.1. The maximum absolute atomic E-state index is 10.8. The number of carboxylic acid groups (broad SMARTS) is 1. The van der Waals surface area contributed by atoms with Gasteiger partial charge in [-0.15, -0.1) is 0 Å². The first-order valence-corrected chi connectivity index (χ1v) is 5.65. The molecule has 0 aliphatic carbocycles. The van der Waals surface area contributed by atoms with Gasteiger partial charge < -0.3 is 15.2 Å². The molecule has 4 heteroatoms. The summed E-state index contributed by atoms with van der Waals surface area (Å²) in [7, 11) is 0. The van der Waals surface area contributed by atoms with E-state index >= 15 is 0 Å². The Morgan fingerprint density at radius 3 is 2.60 bits per heavy atom. The van der Waals surface area contributed by atoms with Crippen LogP contribution in [0.5, 0.6) is 0 Å². The van der Waals surface area contributed by atoms with E-state index in [1.54, 1.807) is 0 Å². The molecule has 0 radical (unpaired) electrons. The van der Waals surface area contributed by atoms with Gasteiger partial charge in [-0.2, -0.15) is 0 Å². The van der Waals surface area contributed by atoms with E-state index in [0.717, 1.165) is 12.8 Å². The lowest BCUT2D eigenvalue weighted by Crippen LogP contribution is -2.37. The van der Waals surface area contributed by atoms with E-state index in [4.69, 9.17) is 9.84 Å². The maximum atomic E-state index is 10.8. The lowest BCUT2D eigenvalue weighted by molar-refractivity contribution is -0.139. The molecule has 0 spiro atoms. The normalized spacial score (nSPS) is 13.1. The standard InChI is InChI=1S/C11H23NO3/c1-4-6-10(11(13)14)12-7-5-8-15-9(2)3/h9-10,12H,4-8H2,1-3H3,(H,13,14). The zero-order chi connectivity index (χ0) is 11.7. The van der Waals surface area contributed by atoms with Crippen LogP contribution in [-0.2, 0) is 9.53 Å². The van der Waals surface area contributed by atoms with Crippen molar-refractivity contribution < 1.29 is 14.6 Å². The zero-order valence-corrected chi connectivity index (χ0v) is 9.95. The smallest absolute Gasteiger partial charge is 0.320 e. The molecule has 4 nitrogen and oxygen atoms in total. The molecular weight excluding hydrogens is 194 g/mol. The molecule has 15 heavy (non-hydrogen) atoms. The van der Waals surface area contributed by atoms with Crippen molar-refractivity contribution in [1.82, 2.24) is 5.32 Å². The molecular formula is C11H23NO3. The van der Waals surface area contributed by atoms with Crippen LogP contribution >= 0.6 is 0 Å². The van der Waals surface area contributed by atoms with Crippen LogP contribution in [-0.4, -0.2) is 36.4 Å². The summed E-state index contributed by atoms with van der Waals surface area (Å²) >= 11 is 0. The molecule has 90 valence electrons. The van der Waals surface area contributed by atoms with Gasteiger partial charge in [0.1, 0.15) is 6.04 Å². The summed E-state index contributed by atoms with van der Waals surface area (Å²) < 4.78 is 5.36. The fourth-order valence-corrected chi connectivity index (χ4v) is 1.27. The zero-order valence-electron chi connectivity index (χ0n) is 9.95. The van der Waals surface area contributed by atoms with Crippen LogP contribution in [0.3, 0.4) is 0 Å². The summed E-state index contributed by atoms with van der Waals surface area (Å²) in [5.74, 6) is -0.762. The van der Waals surface area contributed by atoms with E-state index in [0.29, 0.717) is 19.6 Å². The highest BCUT2D eigenvalue weighted by Gasteiger charge is 2.14. The van der Waals surface area contributed by atoms with Crippen molar-refractivity contribution in [3.05, 3.63) is 0 Å². The molecule has 0 rings (SSSR count). The second-order valence-corrected chi connectivity index (χ2v) is 3.91. The van der Waals surface area contributed by atoms with E-state index in [1.165, 1.54) is 0 Å². The van der Waals surface area contributed by atoms with Crippen molar-refractivity contribution in [3.63, 3.8) is 0 Å². The molecule has 0 heterocycles. The predicted molar refractivity (Wildman–Crippen MR) is 60.0 cm³/mol. The van der Waals surface area contributed by atoms with Gasteiger partial charge in [-0.25, -0.2) is 0 Å². The van der Waals surface area contributed by atoms with Crippen molar-refractivity contribution in [3.8, 4) is 0 Å². The molecule has 0 bridgehead atoms. The minimum absolute atomic E-state index is 0.246. The van der Waals surface area contributed by atoms with Crippen LogP contribution in [0.2, 0.25) is 0 Å². The number of rotatable bonds is 9. The first-order chi connectivity index (χ1) is 7.07. The highest BCUT2D eigenvalue weighted by atomic mass is 16.5. The first kappa shape index (κ1) is 14.4. The van der Waals surface area contributed by atoms with Crippen LogP contribution in [0, 0.1) is 0 Å². The molecule has 0 aromatic carbocycles. The number of ether oxygens (including phenoxy) is 1. The van der Waals surface area contributed by atoms with E-state index in [9.17, 15) is 4.79 Å². The van der Waals surface area contributed by atoms with Crippen LogP contribution in [0.25, 0.3) is 0 Å². The van der Waals surface area contributed by atoms with E-state index < -0.39 is 12.0 Å². The fraction of sp³-hybridized carbons (Fsp3) is 0.909. The summed E-state index contributed by atoms with van der Waals surface area (Å²) in [6.07, 6.45) is 2.66. The molecule has 0 aromatic heterocycles. The Morgan fingerprint density at radius 2 is 2.13 bits per heavy atom. The SMILES string of the molecule is CCCC(NCCCOC(C)C)C(=O)O. The van der Waals surface area contributed by atoms with Gasteiger partial charge in [-0.05, 0) is 33.2 Å². The van der Waals surface area contributed by atoms with Gasteiger partial charge in [-0.3, -0.25) is 4.79 Å². The van der Waals surface area contributed by atoms with Crippen LogP contribution < -0.4 is 5.32 Å². The predicted octanol–water partition coefficient (Wildman–Crippen LogP) is 1.64. The van der Waals surface area contributed by atoms with Crippen molar-refractivity contribution in [2.45, 2.75) is 52.2 Å². The molecule has 0 aliphatic heterocycles. The number of aliphatic carboxylic acids is 1. The van der Waals surface area contributed by atoms with Crippen molar-refractivity contribution in [2.75, 3.05) is 13.2 Å². The summed E-state index contributed by atoms with van der Waals surface area (Å²) in [6.45, 7) is 7.35. The van der Waals surface area contributed by atoms with E-state index in [-0.39, 0.29) is 6.10 Å². The number of carbonyl (C=O) groups is 1. The molecule has 0 amide bonds. The number of hydrogen-bond acceptors (Lipinski definition) is 3. The highest BCUT2D eigenvalue weighted by molar-refractivity contribution is 5.73. The topological polar surface area (TPSA) is 58.6 Å². The first-order valence-electron chi connectivity index (χ1n) is 5.65. The fourth-order valence-electron chi connectivity index (χ4n) is 1.27. The molecule has 0 fully saturated rings. The van der Waals surface area contributed by atoms with Gasteiger partial charge in [0.2, 0.25) is 0 Å². The quantitative estimate of drug-likeness (QED) is 0.576. The molecule has 0 aromatic rings. The summed E-state index contributed by atoms with van der Waals surface area (Å²) in [5.41, 5.74) is 0. The Morgan fingerprint density at radius 1 is 1.47 bits per heavy atom. The Bertz CT molecular complexity index is 171. The molecule has 0 saturated carbocycles. The van der Waals surface area contributed by atoms with Gasteiger partial charge in [0.15, 0.2) is 0 Å². The molecule has 1 atom stereocenters. The monoisotopic (exact) mass is 217 g/mol. The third-order valence-electron chi connectivity index (χ3n) is 2.04. The summed E-state index contributed by atoms with van der Waals surface area (Å²) in [5, 5.41) is 11.9. The van der Waals surface area contributed by atoms with Crippen LogP contribution in [0.15, 0.2) is 0 Å². The minimum Gasteiger partial charge on any atom is -0.480 e. The highest BCUT2D eigenvalue weighted by Crippen LogP contribution is 1.97. The van der Waals surface area contributed by atoms with Crippen LogP contribution in [0.1, 0.15) is 40.0 Å². The summed E-state index contributed by atoms with van der Waals surface area (Å²) in [6, 6.07) is -0.408.